The highest BCUT2D eigenvalue weighted by Crippen LogP contribution is 2.56. The lowest BCUT2D eigenvalue weighted by Crippen LogP contribution is -2.08. The van der Waals surface area contributed by atoms with E-state index in [2.05, 4.69) is 197 Å². The highest BCUT2D eigenvalue weighted by atomic mass is 32.1. The van der Waals surface area contributed by atoms with E-state index in [1.54, 1.807) is 22.7 Å². The summed E-state index contributed by atoms with van der Waals surface area (Å²) in [7, 11) is 0. The van der Waals surface area contributed by atoms with Crippen molar-refractivity contribution in [1.82, 2.24) is 9.13 Å². The van der Waals surface area contributed by atoms with Crippen molar-refractivity contribution in [1.29, 1.82) is 5.26 Å². The monoisotopic (exact) mass is 988 g/mol. The summed E-state index contributed by atoms with van der Waals surface area (Å²) in [4.78, 5) is 4.75. The topological polar surface area (TPSA) is 51.1 Å². The van der Waals surface area contributed by atoms with Crippen molar-refractivity contribution in [2.24, 2.45) is 0 Å². The van der Waals surface area contributed by atoms with Gasteiger partial charge in [-0.05, 0) is 41.0 Å². The van der Waals surface area contributed by atoms with Gasteiger partial charge in [0.05, 0.1) is 55.0 Å². The molecule has 11 aromatic carbocycles. The fourth-order valence-corrected chi connectivity index (χ4v) is 14.8. The molecular formula is C68H36N4OS2. The molecule has 5 heterocycles. The average molecular weight is 989 g/mol. The second kappa shape index (κ2) is 15.9. The predicted octanol–water partition coefficient (Wildman–Crippen LogP) is 19.9. The molecule has 0 saturated heterocycles. The first kappa shape index (κ1) is 41.8. The average Bonchev–Trinajstić information content (AvgIpc) is 4.31. The molecule has 0 spiro atoms. The SMILES string of the molecule is [C-]#[N+]c1c(-c2ccccc2)c(-n2c3c(ccc4c5ccccc5sc43)c3ccc4c5ccccc5sc4c32)c(-c2ccccc2)c(C#N)c1-n1c2c(-c3ccccc3)cccc2c2ccc3c4ccccc4oc3c21. The molecule has 16 aromatic rings. The predicted molar refractivity (Wildman–Crippen MR) is 315 cm³/mol. The van der Waals surface area contributed by atoms with Gasteiger partial charge in [-0.3, -0.25) is 0 Å². The number of hydrogen-bond donors (Lipinski definition) is 0. The van der Waals surface area contributed by atoms with Crippen LogP contribution in [-0.4, -0.2) is 9.13 Å². The molecule has 5 nitrogen and oxygen atoms in total. The summed E-state index contributed by atoms with van der Waals surface area (Å²) in [6.07, 6.45) is 0. The van der Waals surface area contributed by atoms with Gasteiger partial charge in [-0.15, -0.1) is 22.7 Å². The zero-order valence-electron chi connectivity index (χ0n) is 39.8. The number of fused-ring (bicyclic) bond motifs is 18. The van der Waals surface area contributed by atoms with E-state index in [1.165, 1.54) is 30.9 Å². The quantitative estimate of drug-likeness (QED) is 0.161. The molecule has 0 atom stereocenters. The maximum absolute atomic E-state index is 12.5. The highest BCUT2D eigenvalue weighted by Gasteiger charge is 2.34. The molecule has 0 N–H and O–H groups in total. The molecule has 0 aliphatic heterocycles. The summed E-state index contributed by atoms with van der Waals surface area (Å²) in [5.41, 5.74) is 12.5. The van der Waals surface area contributed by atoms with Crippen molar-refractivity contribution in [3.05, 3.63) is 235 Å². The summed E-state index contributed by atoms with van der Waals surface area (Å²) >= 11 is 3.60. The molecule has 5 aromatic heterocycles. The van der Waals surface area contributed by atoms with E-state index in [9.17, 15) is 11.8 Å². The van der Waals surface area contributed by atoms with Crippen LogP contribution in [0.25, 0.3) is 155 Å². The molecule has 0 bridgehead atoms. The first-order valence-corrected chi connectivity index (χ1v) is 26.6. The van der Waals surface area contributed by atoms with Gasteiger partial charge in [-0.2, -0.15) is 5.26 Å². The standard InChI is InChI=1S/C68H36N4OS2/c1-70-59-58(41-22-9-4-10-23-41)65(72-63-48(33-36-51-44-25-12-15-30-55(44)74-67(51)63)49-34-37-52-45-26-13-16-31-56(45)75-68(52)64(49)72)57(40-20-7-3-8-21-40)53(38-69)61(59)71-60-42(39-18-5-2-6-19-39)27-17-28-46(60)47-32-35-50-43-24-11-14-29-54(43)73-66(50)62(47)71/h2-37H. The van der Waals surface area contributed by atoms with Gasteiger partial charge in [0.2, 0.25) is 5.69 Å². The number of aromatic nitrogens is 2. The van der Waals surface area contributed by atoms with E-state index < -0.39 is 0 Å². The molecular weight excluding hydrogens is 953 g/mol. The Morgan fingerprint density at radius 1 is 0.400 bits per heavy atom. The van der Waals surface area contributed by atoms with E-state index in [0.29, 0.717) is 22.5 Å². The van der Waals surface area contributed by atoms with Gasteiger partial charge in [0.1, 0.15) is 11.7 Å². The number of thiophene rings is 2. The maximum atomic E-state index is 12.5. The van der Waals surface area contributed by atoms with Crippen LogP contribution in [0.4, 0.5) is 5.69 Å². The van der Waals surface area contributed by atoms with Gasteiger partial charge in [0.25, 0.3) is 0 Å². The van der Waals surface area contributed by atoms with E-state index in [4.69, 9.17) is 9.26 Å². The fraction of sp³-hybridized carbons (Fsp3) is 0. The molecule has 0 aliphatic rings. The van der Waals surface area contributed by atoms with Gasteiger partial charge in [0.15, 0.2) is 5.58 Å². The Morgan fingerprint density at radius 2 is 0.867 bits per heavy atom. The molecule has 346 valence electrons. The minimum Gasteiger partial charge on any atom is -0.454 e. The van der Waals surface area contributed by atoms with Gasteiger partial charge >= 0.3 is 0 Å². The van der Waals surface area contributed by atoms with Gasteiger partial charge in [-0.1, -0.05) is 194 Å². The van der Waals surface area contributed by atoms with Crippen molar-refractivity contribution < 1.29 is 4.42 Å². The lowest BCUT2D eigenvalue weighted by molar-refractivity contribution is 0.671. The van der Waals surface area contributed by atoms with Gasteiger partial charge < -0.3 is 13.6 Å². The Bertz CT molecular complexity index is 4990. The van der Waals surface area contributed by atoms with Crippen LogP contribution >= 0.6 is 22.7 Å². The third kappa shape index (κ3) is 5.74. The number of furan rings is 1. The number of nitriles is 1. The second-order valence-corrected chi connectivity index (χ2v) is 21.3. The van der Waals surface area contributed by atoms with Crippen LogP contribution in [0.5, 0.6) is 0 Å². The molecule has 0 radical (unpaired) electrons. The molecule has 0 amide bonds. The maximum Gasteiger partial charge on any atom is 0.221 e. The Hall–Kier alpha value is -9.76. The summed E-state index contributed by atoms with van der Waals surface area (Å²) < 4.78 is 16.4. The fourth-order valence-electron chi connectivity index (χ4n) is 12.3. The Kier molecular flexibility index (Phi) is 8.85. The number of nitrogens with zero attached hydrogens (tertiary/aromatic N) is 4. The van der Waals surface area contributed by atoms with E-state index in [0.717, 1.165) is 108 Å². The van der Waals surface area contributed by atoms with Crippen LogP contribution in [0.15, 0.2) is 223 Å². The molecule has 0 unspecified atom stereocenters. The first-order chi connectivity index (χ1) is 37.2. The molecule has 75 heavy (non-hydrogen) atoms. The molecule has 16 rings (SSSR count). The minimum absolute atomic E-state index is 0.365. The smallest absolute Gasteiger partial charge is 0.221 e. The largest absolute Gasteiger partial charge is 0.454 e. The van der Waals surface area contributed by atoms with Crippen LogP contribution in [0.3, 0.4) is 0 Å². The molecule has 0 saturated carbocycles. The molecule has 7 heteroatoms. The summed E-state index contributed by atoms with van der Waals surface area (Å²) in [6.45, 7) is 9.74. The summed E-state index contributed by atoms with van der Waals surface area (Å²) in [5, 5.41) is 23.3. The lowest BCUT2D eigenvalue weighted by Gasteiger charge is -2.26. The third-order valence-electron chi connectivity index (χ3n) is 15.4. The Labute approximate surface area is 436 Å². The third-order valence-corrected chi connectivity index (χ3v) is 17.8. The number of benzene rings is 11. The zero-order valence-corrected chi connectivity index (χ0v) is 41.4. The summed E-state index contributed by atoms with van der Waals surface area (Å²) in [6, 6.07) is 79.4. The lowest BCUT2D eigenvalue weighted by atomic mass is 9.88. The van der Waals surface area contributed by atoms with E-state index in [1.807, 2.05) is 36.4 Å². The minimum atomic E-state index is 0.365. The first-order valence-electron chi connectivity index (χ1n) is 24.9. The molecule has 0 aliphatic carbocycles. The van der Waals surface area contributed by atoms with Crippen LogP contribution in [-0.2, 0) is 0 Å². The second-order valence-electron chi connectivity index (χ2n) is 19.2. The van der Waals surface area contributed by atoms with E-state index >= 15 is 0 Å². The van der Waals surface area contributed by atoms with E-state index in [-0.39, 0.29) is 0 Å². The van der Waals surface area contributed by atoms with Gasteiger partial charge in [0, 0.05) is 80.0 Å². The van der Waals surface area contributed by atoms with Crippen LogP contribution in [0, 0.1) is 17.9 Å². The van der Waals surface area contributed by atoms with Crippen molar-refractivity contribution in [2.75, 3.05) is 0 Å². The highest BCUT2D eigenvalue weighted by molar-refractivity contribution is 7.27. The van der Waals surface area contributed by atoms with Crippen LogP contribution < -0.4 is 0 Å². The van der Waals surface area contributed by atoms with Crippen molar-refractivity contribution in [3.63, 3.8) is 0 Å². The van der Waals surface area contributed by atoms with Gasteiger partial charge in [-0.25, -0.2) is 4.85 Å². The van der Waals surface area contributed by atoms with Crippen molar-refractivity contribution in [2.45, 2.75) is 0 Å². The van der Waals surface area contributed by atoms with Crippen LogP contribution in [0.1, 0.15) is 5.56 Å². The number of rotatable bonds is 5. The number of hydrogen-bond acceptors (Lipinski definition) is 4. The zero-order chi connectivity index (χ0) is 49.5. The normalized spacial score (nSPS) is 12.0. The molecule has 0 fully saturated rings. The summed E-state index contributed by atoms with van der Waals surface area (Å²) in [5.74, 6) is 0. The number of para-hydroxylation sites is 2. The van der Waals surface area contributed by atoms with Crippen LogP contribution in [0.2, 0.25) is 0 Å². The Morgan fingerprint density at radius 3 is 1.47 bits per heavy atom. The van der Waals surface area contributed by atoms with Crippen molar-refractivity contribution >= 4 is 134 Å². The van der Waals surface area contributed by atoms with Crippen molar-refractivity contribution in [3.8, 4) is 50.8 Å². The Balaban J connectivity index is 1.20.